The van der Waals surface area contributed by atoms with Gasteiger partial charge in [0.25, 0.3) is 0 Å². The SMILES string of the molecule is C[C@H](O)c1cccc(F)c1-n1cc(C(F)(F)F)cn1. The van der Waals surface area contributed by atoms with E-state index in [-0.39, 0.29) is 11.3 Å². The Balaban J connectivity index is 2.56. The third-order valence-electron chi connectivity index (χ3n) is 2.61. The molecule has 19 heavy (non-hydrogen) atoms. The van der Waals surface area contributed by atoms with E-state index in [4.69, 9.17) is 0 Å². The number of hydrogen-bond donors (Lipinski definition) is 1. The van der Waals surface area contributed by atoms with Crippen LogP contribution in [0.2, 0.25) is 0 Å². The highest BCUT2D eigenvalue weighted by Crippen LogP contribution is 2.30. The lowest BCUT2D eigenvalue weighted by atomic mass is 10.1. The van der Waals surface area contributed by atoms with Crippen molar-refractivity contribution in [1.82, 2.24) is 9.78 Å². The Morgan fingerprint density at radius 2 is 2.00 bits per heavy atom. The molecule has 1 aromatic heterocycles. The second kappa shape index (κ2) is 4.65. The van der Waals surface area contributed by atoms with Crippen molar-refractivity contribution in [2.45, 2.75) is 19.2 Å². The van der Waals surface area contributed by atoms with E-state index in [0.29, 0.717) is 12.4 Å². The summed E-state index contributed by atoms with van der Waals surface area (Å²) in [6, 6.07) is 3.89. The van der Waals surface area contributed by atoms with Gasteiger partial charge in [-0.05, 0) is 13.0 Å². The van der Waals surface area contributed by atoms with Gasteiger partial charge in [-0.3, -0.25) is 0 Å². The first-order chi connectivity index (χ1) is 8.80. The van der Waals surface area contributed by atoms with Crippen molar-refractivity contribution in [3.05, 3.63) is 47.5 Å². The predicted molar refractivity (Wildman–Crippen MR) is 59.2 cm³/mol. The molecule has 0 amide bonds. The van der Waals surface area contributed by atoms with Gasteiger partial charge in [-0.15, -0.1) is 0 Å². The number of aliphatic hydroxyl groups excluding tert-OH is 1. The van der Waals surface area contributed by atoms with E-state index in [1.807, 2.05) is 0 Å². The minimum atomic E-state index is -4.55. The van der Waals surface area contributed by atoms with Crippen molar-refractivity contribution >= 4 is 0 Å². The van der Waals surface area contributed by atoms with Crippen molar-refractivity contribution in [3.8, 4) is 5.69 Å². The number of hydrogen-bond acceptors (Lipinski definition) is 2. The Morgan fingerprint density at radius 1 is 1.32 bits per heavy atom. The maximum Gasteiger partial charge on any atom is 0.419 e. The molecular weight excluding hydrogens is 264 g/mol. The summed E-state index contributed by atoms with van der Waals surface area (Å²) in [5, 5.41) is 13.0. The summed E-state index contributed by atoms with van der Waals surface area (Å²) in [5.41, 5.74) is -1.00. The summed E-state index contributed by atoms with van der Waals surface area (Å²) in [7, 11) is 0. The number of nitrogens with zero attached hydrogens (tertiary/aromatic N) is 2. The zero-order valence-corrected chi connectivity index (χ0v) is 9.82. The summed E-state index contributed by atoms with van der Waals surface area (Å²) in [5.74, 6) is -0.754. The molecule has 0 saturated heterocycles. The largest absolute Gasteiger partial charge is 0.419 e. The minimum absolute atomic E-state index is 0.164. The van der Waals surface area contributed by atoms with Gasteiger partial charge in [0.1, 0.15) is 11.5 Å². The molecule has 1 N–H and O–H groups in total. The third-order valence-corrected chi connectivity index (χ3v) is 2.61. The molecule has 1 atom stereocenters. The van der Waals surface area contributed by atoms with E-state index in [9.17, 15) is 22.7 Å². The van der Waals surface area contributed by atoms with E-state index in [0.717, 1.165) is 10.7 Å². The number of halogens is 4. The summed E-state index contributed by atoms with van der Waals surface area (Å²) in [4.78, 5) is 0. The molecule has 0 aliphatic heterocycles. The molecule has 1 aromatic carbocycles. The lowest BCUT2D eigenvalue weighted by Gasteiger charge is -2.12. The average Bonchev–Trinajstić information content (AvgIpc) is 2.77. The van der Waals surface area contributed by atoms with Gasteiger partial charge >= 0.3 is 6.18 Å². The summed E-state index contributed by atoms with van der Waals surface area (Å²) in [6.07, 6.45) is -4.28. The first-order valence-electron chi connectivity index (χ1n) is 5.39. The van der Waals surface area contributed by atoms with Crippen LogP contribution in [0.1, 0.15) is 24.2 Å². The third kappa shape index (κ3) is 2.60. The number of alkyl halides is 3. The molecule has 1 heterocycles. The maximum absolute atomic E-state index is 13.7. The van der Waals surface area contributed by atoms with Gasteiger partial charge in [0, 0.05) is 11.8 Å². The van der Waals surface area contributed by atoms with Crippen LogP contribution >= 0.6 is 0 Å². The van der Waals surface area contributed by atoms with Crippen molar-refractivity contribution in [2.75, 3.05) is 0 Å². The van der Waals surface area contributed by atoms with Gasteiger partial charge in [0.05, 0.1) is 17.9 Å². The molecule has 0 unspecified atom stereocenters. The number of aromatic nitrogens is 2. The molecule has 0 saturated carbocycles. The van der Waals surface area contributed by atoms with E-state index in [1.54, 1.807) is 0 Å². The molecule has 0 radical (unpaired) electrons. The van der Waals surface area contributed by atoms with Crippen LogP contribution in [0.4, 0.5) is 17.6 Å². The molecule has 2 rings (SSSR count). The normalized spacial score (nSPS) is 13.6. The zero-order valence-electron chi connectivity index (χ0n) is 9.82. The molecule has 102 valence electrons. The smallest absolute Gasteiger partial charge is 0.389 e. The maximum atomic E-state index is 13.7. The Morgan fingerprint density at radius 3 is 2.53 bits per heavy atom. The fourth-order valence-corrected chi connectivity index (χ4v) is 1.70. The van der Waals surface area contributed by atoms with Crippen LogP contribution in [0.15, 0.2) is 30.6 Å². The predicted octanol–water partition coefficient (Wildman–Crippen LogP) is 3.08. The van der Waals surface area contributed by atoms with Gasteiger partial charge in [0.2, 0.25) is 0 Å². The van der Waals surface area contributed by atoms with Crippen molar-refractivity contribution < 1.29 is 22.7 Å². The monoisotopic (exact) mass is 274 g/mol. The van der Waals surface area contributed by atoms with Gasteiger partial charge in [0.15, 0.2) is 0 Å². The Hall–Kier alpha value is -1.89. The van der Waals surface area contributed by atoms with Crippen LogP contribution in [-0.2, 0) is 6.18 Å². The first-order valence-corrected chi connectivity index (χ1v) is 5.39. The standard InChI is InChI=1S/C12H10F4N2O/c1-7(19)9-3-2-4-10(13)11(9)18-6-8(5-17-18)12(14,15)16/h2-7,19H,1H3/t7-/m0/s1. The van der Waals surface area contributed by atoms with Gasteiger partial charge in [-0.2, -0.15) is 18.3 Å². The Bertz CT molecular complexity index is 590. The van der Waals surface area contributed by atoms with Crippen LogP contribution in [0.25, 0.3) is 5.69 Å². The molecule has 0 bridgehead atoms. The van der Waals surface area contributed by atoms with Crippen LogP contribution in [0.3, 0.4) is 0 Å². The molecular formula is C12H10F4N2O. The molecule has 2 aromatic rings. The van der Waals surface area contributed by atoms with Crippen LogP contribution < -0.4 is 0 Å². The summed E-state index contributed by atoms with van der Waals surface area (Å²) >= 11 is 0. The Kier molecular flexibility index (Phi) is 3.32. The highest BCUT2D eigenvalue weighted by Gasteiger charge is 2.32. The van der Waals surface area contributed by atoms with Crippen molar-refractivity contribution in [2.24, 2.45) is 0 Å². The summed E-state index contributed by atoms with van der Waals surface area (Å²) in [6.45, 7) is 1.40. The van der Waals surface area contributed by atoms with E-state index < -0.39 is 23.7 Å². The van der Waals surface area contributed by atoms with Crippen LogP contribution in [-0.4, -0.2) is 14.9 Å². The molecule has 0 aliphatic carbocycles. The van der Waals surface area contributed by atoms with Crippen LogP contribution in [0, 0.1) is 5.82 Å². The van der Waals surface area contributed by atoms with E-state index in [2.05, 4.69) is 5.10 Å². The number of benzene rings is 1. The molecule has 7 heteroatoms. The quantitative estimate of drug-likeness (QED) is 0.855. The average molecular weight is 274 g/mol. The molecule has 0 fully saturated rings. The van der Waals surface area contributed by atoms with Gasteiger partial charge in [-0.1, -0.05) is 12.1 Å². The highest BCUT2D eigenvalue weighted by atomic mass is 19.4. The molecule has 0 aliphatic rings. The van der Waals surface area contributed by atoms with E-state index >= 15 is 0 Å². The molecule has 3 nitrogen and oxygen atoms in total. The number of rotatable bonds is 2. The number of aliphatic hydroxyl groups is 1. The van der Waals surface area contributed by atoms with Crippen LogP contribution in [0.5, 0.6) is 0 Å². The highest BCUT2D eigenvalue weighted by molar-refractivity contribution is 5.43. The zero-order chi connectivity index (χ0) is 14.2. The van der Waals surface area contributed by atoms with Gasteiger partial charge < -0.3 is 5.11 Å². The van der Waals surface area contributed by atoms with Crippen molar-refractivity contribution in [3.63, 3.8) is 0 Å². The second-order valence-electron chi connectivity index (χ2n) is 4.02. The fourth-order valence-electron chi connectivity index (χ4n) is 1.70. The lowest BCUT2D eigenvalue weighted by molar-refractivity contribution is -0.137. The van der Waals surface area contributed by atoms with E-state index in [1.165, 1.54) is 19.1 Å². The topological polar surface area (TPSA) is 38.0 Å². The second-order valence-corrected chi connectivity index (χ2v) is 4.02. The summed E-state index contributed by atoms with van der Waals surface area (Å²) < 4.78 is 52.0. The Labute approximate surface area is 106 Å². The van der Waals surface area contributed by atoms with Gasteiger partial charge in [-0.25, -0.2) is 9.07 Å². The van der Waals surface area contributed by atoms with Crippen molar-refractivity contribution in [1.29, 1.82) is 0 Å². The minimum Gasteiger partial charge on any atom is -0.389 e. The first kappa shape index (κ1) is 13.5. The lowest BCUT2D eigenvalue weighted by Crippen LogP contribution is -2.07. The molecule has 0 spiro atoms. The number of para-hydroxylation sites is 1. The fraction of sp³-hybridized carbons (Fsp3) is 0.250.